The van der Waals surface area contributed by atoms with Gasteiger partial charge in [-0.05, 0) is 24.6 Å². The number of benzene rings is 1. The molecule has 0 unspecified atom stereocenters. The molecule has 0 bridgehead atoms. The fourth-order valence-corrected chi connectivity index (χ4v) is 2.57. The van der Waals surface area contributed by atoms with Crippen LogP contribution in [0.5, 0.6) is 5.75 Å². The van der Waals surface area contributed by atoms with Crippen molar-refractivity contribution >= 4 is 5.91 Å². The van der Waals surface area contributed by atoms with Crippen LogP contribution in [-0.4, -0.2) is 13.0 Å². The maximum Gasteiger partial charge on any atom is 0.221 e. The third-order valence-corrected chi connectivity index (χ3v) is 4.13. The molecule has 2 rings (SSSR count). The minimum atomic E-state index is -0.264. The van der Waals surface area contributed by atoms with Gasteiger partial charge in [0, 0.05) is 17.4 Å². The molecule has 0 aliphatic rings. The molecule has 0 spiro atoms. The van der Waals surface area contributed by atoms with Crippen LogP contribution in [0.3, 0.4) is 0 Å². The van der Waals surface area contributed by atoms with Crippen molar-refractivity contribution in [2.45, 2.75) is 38.6 Å². The van der Waals surface area contributed by atoms with Crippen molar-refractivity contribution in [2.75, 3.05) is 7.11 Å². The number of furan rings is 1. The van der Waals surface area contributed by atoms with E-state index in [4.69, 9.17) is 9.15 Å². The first-order valence-electron chi connectivity index (χ1n) is 7.51. The number of methoxy groups -OCH3 is 1. The van der Waals surface area contributed by atoms with E-state index in [2.05, 4.69) is 19.2 Å². The fraction of sp³-hybridized carbons (Fsp3) is 0.389. The second-order valence-electron chi connectivity index (χ2n) is 5.65. The SMILES string of the molecule is CC[C@@](C)(CC(=O)NCc1ccco1)c1ccccc1OC. The third-order valence-electron chi connectivity index (χ3n) is 4.13. The van der Waals surface area contributed by atoms with Gasteiger partial charge in [0.2, 0.25) is 5.91 Å². The summed E-state index contributed by atoms with van der Waals surface area (Å²) in [6.45, 7) is 4.60. The Balaban J connectivity index is 2.07. The first kappa shape index (κ1) is 16.1. The molecule has 4 heteroatoms. The van der Waals surface area contributed by atoms with Gasteiger partial charge in [-0.25, -0.2) is 0 Å². The molecule has 2 aromatic rings. The highest BCUT2D eigenvalue weighted by Crippen LogP contribution is 2.37. The monoisotopic (exact) mass is 301 g/mol. The van der Waals surface area contributed by atoms with Crippen LogP contribution in [0.2, 0.25) is 0 Å². The summed E-state index contributed by atoms with van der Waals surface area (Å²) in [5.41, 5.74) is 0.799. The van der Waals surface area contributed by atoms with E-state index in [1.165, 1.54) is 0 Å². The van der Waals surface area contributed by atoms with Gasteiger partial charge in [0.05, 0.1) is 19.9 Å². The van der Waals surface area contributed by atoms with Crippen LogP contribution in [0.25, 0.3) is 0 Å². The van der Waals surface area contributed by atoms with E-state index in [0.717, 1.165) is 23.5 Å². The van der Waals surface area contributed by atoms with Crippen molar-refractivity contribution in [1.82, 2.24) is 5.32 Å². The van der Waals surface area contributed by atoms with Crippen LogP contribution in [0.1, 0.15) is 38.0 Å². The highest BCUT2D eigenvalue weighted by atomic mass is 16.5. The zero-order valence-corrected chi connectivity index (χ0v) is 13.4. The van der Waals surface area contributed by atoms with Crippen molar-refractivity contribution in [3.63, 3.8) is 0 Å². The summed E-state index contributed by atoms with van der Waals surface area (Å²) in [7, 11) is 1.66. The highest BCUT2D eigenvalue weighted by molar-refractivity contribution is 5.77. The van der Waals surface area contributed by atoms with E-state index >= 15 is 0 Å². The molecule has 1 amide bonds. The van der Waals surface area contributed by atoms with Gasteiger partial charge in [-0.2, -0.15) is 0 Å². The summed E-state index contributed by atoms with van der Waals surface area (Å²) in [6.07, 6.45) is 2.86. The lowest BCUT2D eigenvalue weighted by Crippen LogP contribution is -2.32. The van der Waals surface area contributed by atoms with Gasteiger partial charge < -0.3 is 14.5 Å². The summed E-state index contributed by atoms with van der Waals surface area (Å²) in [5, 5.41) is 2.91. The summed E-state index contributed by atoms with van der Waals surface area (Å²) < 4.78 is 10.7. The number of rotatable bonds is 7. The van der Waals surface area contributed by atoms with Crippen LogP contribution in [0.15, 0.2) is 47.1 Å². The Morgan fingerprint density at radius 2 is 2.05 bits per heavy atom. The topological polar surface area (TPSA) is 51.5 Å². The van der Waals surface area contributed by atoms with Crippen LogP contribution in [0.4, 0.5) is 0 Å². The molecule has 0 fully saturated rings. The van der Waals surface area contributed by atoms with Crippen molar-refractivity contribution < 1.29 is 13.9 Å². The number of hydrogen-bond acceptors (Lipinski definition) is 3. The lowest BCUT2D eigenvalue weighted by Gasteiger charge is -2.29. The third kappa shape index (κ3) is 3.70. The van der Waals surface area contributed by atoms with Gasteiger partial charge in [0.25, 0.3) is 0 Å². The molecule has 1 aromatic heterocycles. The molecule has 118 valence electrons. The molecule has 1 atom stereocenters. The van der Waals surface area contributed by atoms with Gasteiger partial charge >= 0.3 is 0 Å². The number of para-hydroxylation sites is 1. The van der Waals surface area contributed by atoms with E-state index in [9.17, 15) is 4.79 Å². The average molecular weight is 301 g/mol. The normalized spacial score (nSPS) is 13.4. The number of nitrogens with one attached hydrogen (secondary N) is 1. The van der Waals surface area contributed by atoms with Gasteiger partial charge in [0.1, 0.15) is 11.5 Å². The van der Waals surface area contributed by atoms with E-state index in [1.54, 1.807) is 13.4 Å². The summed E-state index contributed by atoms with van der Waals surface area (Å²) >= 11 is 0. The molecular weight excluding hydrogens is 278 g/mol. The summed E-state index contributed by atoms with van der Waals surface area (Å²) in [6, 6.07) is 11.5. The minimum absolute atomic E-state index is 0.00616. The van der Waals surface area contributed by atoms with Crippen molar-refractivity contribution in [3.8, 4) is 5.75 Å². The molecule has 0 aliphatic carbocycles. The van der Waals surface area contributed by atoms with Gasteiger partial charge in [-0.1, -0.05) is 32.0 Å². The maximum atomic E-state index is 12.3. The molecule has 1 heterocycles. The first-order chi connectivity index (χ1) is 10.6. The first-order valence-corrected chi connectivity index (χ1v) is 7.51. The summed E-state index contributed by atoms with van der Waals surface area (Å²) in [5.74, 6) is 1.58. The number of ether oxygens (including phenoxy) is 1. The quantitative estimate of drug-likeness (QED) is 0.849. The minimum Gasteiger partial charge on any atom is -0.496 e. The largest absolute Gasteiger partial charge is 0.496 e. The average Bonchev–Trinajstić information content (AvgIpc) is 3.06. The fourth-order valence-electron chi connectivity index (χ4n) is 2.57. The second-order valence-corrected chi connectivity index (χ2v) is 5.65. The Morgan fingerprint density at radius 1 is 1.27 bits per heavy atom. The van der Waals surface area contributed by atoms with E-state index < -0.39 is 0 Å². The van der Waals surface area contributed by atoms with Gasteiger partial charge in [0.15, 0.2) is 0 Å². The standard InChI is InChI=1S/C18H23NO3/c1-4-18(2,15-9-5-6-10-16(15)21-3)12-17(20)19-13-14-8-7-11-22-14/h5-11H,4,12-13H2,1-3H3,(H,19,20)/t18-/m0/s1. The van der Waals surface area contributed by atoms with Crippen molar-refractivity contribution in [3.05, 3.63) is 54.0 Å². The Hall–Kier alpha value is -2.23. The molecule has 4 nitrogen and oxygen atoms in total. The van der Waals surface area contributed by atoms with Crippen molar-refractivity contribution in [1.29, 1.82) is 0 Å². The zero-order valence-electron chi connectivity index (χ0n) is 13.4. The molecule has 22 heavy (non-hydrogen) atoms. The molecule has 0 saturated heterocycles. The van der Waals surface area contributed by atoms with Crippen LogP contribution in [-0.2, 0) is 16.8 Å². The van der Waals surface area contributed by atoms with Gasteiger partial charge in [-0.15, -0.1) is 0 Å². The predicted molar refractivity (Wildman–Crippen MR) is 85.8 cm³/mol. The molecule has 0 radical (unpaired) electrons. The highest BCUT2D eigenvalue weighted by Gasteiger charge is 2.30. The van der Waals surface area contributed by atoms with Crippen LogP contribution in [0, 0.1) is 0 Å². The second kappa shape index (κ2) is 7.16. The molecule has 1 aromatic carbocycles. The maximum absolute atomic E-state index is 12.3. The van der Waals surface area contributed by atoms with Crippen LogP contribution >= 0.6 is 0 Å². The number of amides is 1. The molecule has 0 aliphatic heterocycles. The van der Waals surface area contributed by atoms with E-state index in [1.807, 2.05) is 36.4 Å². The van der Waals surface area contributed by atoms with E-state index in [0.29, 0.717) is 13.0 Å². The summed E-state index contributed by atoms with van der Waals surface area (Å²) in [4.78, 5) is 12.3. The van der Waals surface area contributed by atoms with Crippen LogP contribution < -0.4 is 10.1 Å². The Bertz CT molecular complexity index is 607. The number of hydrogen-bond donors (Lipinski definition) is 1. The predicted octanol–water partition coefficient (Wildman–Crippen LogP) is 3.66. The number of carbonyl (C=O) groups excluding carboxylic acids is 1. The molecular formula is C18H23NO3. The zero-order chi connectivity index (χ0) is 16.0. The molecule has 0 saturated carbocycles. The Kier molecular flexibility index (Phi) is 5.26. The van der Waals surface area contributed by atoms with Gasteiger partial charge in [-0.3, -0.25) is 4.79 Å². The molecule has 1 N–H and O–H groups in total. The lowest BCUT2D eigenvalue weighted by atomic mass is 9.76. The Labute approximate surface area is 131 Å². The van der Waals surface area contributed by atoms with E-state index in [-0.39, 0.29) is 11.3 Å². The number of carbonyl (C=O) groups is 1. The lowest BCUT2D eigenvalue weighted by molar-refractivity contribution is -0.122. The smallest absolute Gasteiger partial charge is 0.221 e. The Morgan fingerprint density at radius 3 is 2.68 bits per heavy atom. The van der Waals surface area contributed by atoms with Crippen molar-refractivity contribution in [2.24, 2.45) is 0 Å².